The molecule has 6 heterocycles. The molecule has 12 nitrogen and oxygen atoms in total. The molecular weight excluding hydrogens is 753 g/mol. The number of fused-ring (bicyclic) bond motifs is 3. The summed E-state index contributed by atoms with van der Waals surface area (Å²) in [5.74, 6) is 0.516. The molecule has 3 aromatic carbocycles. The van der Waals surface area contributed by atoms with E-state index >= 15 is 0 Å². The SMILES string of the molecule is O=C(Nc1nc2ccccc2s1)c1cccc2c1CN(c1nc(C(=O)O)c(CCCOc3ccc4nc(N5CCN(c6ccccn6)CC5)sc4c3)s1)CC2. The predicted octanol–water partition coefficient (Wildman–Crippen LogP) is 7.61. The first-order valence-electron chi connectivity index (χ1n) is 18.1. The van der Waals surface area contributed by atoms with Crippen LogP contribution in [0.1, 0.15) is 43.3 Å². The van der Waals surface area contributed by atoms with Crippen LogP contribution in [0, 0.1) is 0 Å². The Bertz CT molecular complexity index is 2480. The number of nitrogens with one attached hydrogen (secondary N) is 1. The van der Waals surface area contributed by atoms with Crippen LogP contribution in [-0.4, -0.2) is 76.2 Å². The number of nitrogens with zero attached hydrogens (tertiary/aromatic N) is 7. The zero-order valence-corrected chi connectivity index (χ0v) is 32.1. The molecular formula is C40H36N8O4S3. The first kappa shape index (κ1) is 35.1. The molecule has 7 aromatic rings. The average Bonchev–Trinajstić information content (AvgIpc) is 3.96. The molecule has 9 rings (SSSR count). The van der Waals surface area contributed by atoms with E-state index in [1.807, 2.05) is 72.9 Å². The number of anilines is 4. The fourth-order valence-electron chi connectivity index (χ4n) is 7.07. The summed E-state index contributed by atoms with van der Waals surface area (Å²) < 4.78 is 8.23. The number of aromatic nitrogens is 4. The molecule has 1 amide bonds. The molecule has 0 spiro atoms. The summed E-state index contributed by atoms with van der Waals surface area (Å²) in [7, 11) is 0. The Morgan fingerprint density at radius 1 is 0.782 bits per heavy atom. The maximum atomic E-state index is 13.5. The number of carboxylic acids is 1. The molecule has 2 aliphatic rings. The van der Waals surface area contributed by atoms with Gasteiger partial charge in [0.15, 0.2) is 21.1 Å². The van der Waals surface area contributed by atoms with Crippen LogP contribution in [0.2, 0.25) is 0 Å². The smallest absolute Gasteiger partial charge is 0.355 e. The number of carboxylic acid groups (broad SMARTS) is 1. The van der Waals surface area contributed by atoms with Crippen LogP contribution in [-0.2, 0) is 19.4 Å². The van der Waals surface area contributed by atoms with Crippen LogP contribution in [0.4, 0.5) is 21.2 Å². The summed E-state index contributed by atoms with van der Waals surface area (Å²) in [6.07, 6.45) is 3.71. The Morgan fingerprint density at radius 2 is 1.60 bits per heavy atom. The fraction of sp³-hybridized carbons (Fsp3) is 0.250. The van der Waals surface area contributed by atoms with E-state index in [4.69, 9.17) is 9.72 Å². The molecule has 1 saturated heterocycles. The number of para-hydroxylation sites is 1. The van der Waals surface area contributed by atoms with Gasteiger partial charge in [-0.2, -0.15) is 0 Å². The number of amides is 1. The van der Waals surface area contributed by atoms with Gasteiger partial charge >= 0.3 is 5.97 Å². The summed E-state index contributed by atoms with van der Waals surface area (Å²) in [5, 5.41) is 15.3. The van der Waals surface area contributed by atoms with Crippen molar-refractivity contribution in [3.05, 3.63) is 112 Å². The summed E-state index contributed by atoms with van der Waals surface area (Å²) in [4.78, 5) is 51.8. The highest BCUT2D eigenvalue weighted by Gasteiger charge is 2.27. The van der Waals surface area contributed by atoms with Crippen LogP contribution in [0.25, 0.3) is 20.4 Å². The van der Waals surface area contributed by atoms with E-state index in [2.05, 4.69) is 47.1 Å². The molecule has 278 valence electrons. The number of carbonyl (C=O) groups excluding carboxylic acids is 1. The Hall–Kier alpha value is -5.64. The Balaban J connectivity index is 0.819. The Morgan fingerprint density at radius 3 is 2.44 bits per heavy atom. The minimum atomic E-state index is -1.05. The number of ether oxygens (including phenoxy) is 1. The zero-order valence-electron chi connectivity index (χ0n) is 29.7. The summed E-state index contributed by atoms with van der Waals surface area (Å²) in [6, 6.07) is 25.6. The third kappa shape index (κ3) is 7.42. The predicted molar refractivity (Wildman–Crippen MR) is 220 cm³/mol. The van der Waals surface area contributed by atoms with Gasteiger partial charge < -0.3 is 24.5 Å². The number of aromatic carboxylic acids is 1. The van der Waals surface area contributed by atoms with Crippen LogP contribution >= 0.6 is 34.0 Å². The third-order valence-corrected chi connectivity index (χ3v) is 13.1. The van der Waals surface area contributed by atoms with Gasteiger partial charge in [0.2, 0.25) is 0 Å². The van der Waals surface area contributed by atoms with E-state index in [0.29, 0.717) is 53.2 Å². The van der Waals surface area contributed by atoms with Crippen molar-refractivity contribution in [1.82, 2.24) is 19.9 Å². The van der Waals surface area contributed by atoms with E-state index in [0.717, 1.165) is 80.9 Å². The summed E-state index contributed by atoms with van der Waals surface area (Å²) in [5.41, 5.74) is 4.48. The third-order valence-electron chi connectivity index (χ3n) is 9.88. The van der Waals surface area contributed by atoms with Crippen LogP contribution in [0.5, 0.6) is 5.75 Å². The minimum absolute atomic E-state index is 0.0761. The molecule has 0 bridgehead atoms. The van der Waals surface area contributed by atoms with Gasteiger partial charge in [0.05, 0.1) is 27.0 Å². The number of aryl methyl sites for hydroxylation is 1. The van der Waals surface area contributed by atoms with Gasteiger partial charge in [0.1, 0.15) is 11.6 Å². The lowest BCUT2D eigenvalue weighted by Crippen LogP contribution is -2.46. The maximum Gasteiger partial charge on any atom is 0.355 e. The summed E-state index contributed by atoms with van der Waals surface area (Å²) in [6.45, 7) is 5.11. The largest absolute Gasteiger partial charge is 0.494 e. The van der Waals surface area contributed by atoms with Gasteiger partial charge in [-0.15, -0.1) is 11.3 Å². The first-order valence-corrected chi connectivity index (χ1v) is 20.6. The number of hydrogen-bond donors (Lipinski definition) is 2. The van der Waals surface area contributed by atoms with Crippen molar-refractivity contribution in [2.75, 3.05) is 59.3 Å². The second kappa shape index (κ2) is 15.2. The van der Waals surface area contributed by atoms with Gasteiger partial charge in [-0.25, -0.2) is 24.7 Å². The number of thiazole rings is 3. The monoisotopic (exact) mass is 788 g/mol. The van der Waals surface area contributed by atoms with Gasteiger partial charge in [-0.3, -0.25) is 10.1 Å². The lowest BCUT2D eigenvalue weighted by Gasteiger charge is -2.35. The summed E-state index contributed by atoms with van der Waals surface area (Å²) >= 11 is 4.52. The van der Waals surface area contributed by atoms with Crippen molar-refractivity contribution >= 4 is 87.5 Å². The second-order valence-electron chi connectivity index (χ2n) is 13.4. The van der Waals surface area contributed by atoms with Crippen molar-refractivity contribution in [3.63, 3.8) is 0 Å². The van der Waals surface area contributed by atoms with E-state index in [1.165, 1.54) is 22.7 Å². The number of hydrogen-bond acceptors (Lipinski definition) is 13. The Kier molecular flexibility index (Phi) is 9.72. The molecule has 15 heteroatoms. The number of piperazine rings is 1. The molecule has 0 atom stereocenters. The van der Waals surface area contributed by atoms with Crippen molar-refractivity contribution in [3.8, 4) is 5.75 Å². The topological polar surface area (TPSA) is 137 Å². The molecule has 2 aliphatic heterocycles. The van der Waals surface area contributed by atoms with E-state index in [9.17, 15) is 14.7 Å². The van der Waals surface area contributed by atoms with E-state index < -0.39 is 5.97 Å². The molecule has 55 heavy (non-hydrogen) atoms. The maximum absolute atomic E-state index is 13.5. The quantitative estimate of drug-likeness (QED) is 0.125. The Labute approximate surface area is 328 Å². The van der Waals surface area contributed by atoms with Crippen molar-refractivity contribution in [1.29, 1.82) is 0 Å². The molecule has 0 radical (unpaired) electrons. The van der Waals surface area contributed by atoms with Gasteiger partial charge in [0.25, 0.3) is 5.91 Å². The lowest BCUT2D eigenvalue weighted by atomic mass is 9.94. The van der Waals surface area contributed by atoms with Gasteiger partial charge in [-0.05, 0) is 78.9 Å². The average molecular weight is 789 g/mol. The standard InChI is InChI=1S/C40H36N8O4S3/c49-36(45-38-42-29-9-1-2-10-31(29)53-38)27-8-5-7-25-15-17-48(24-28(25)27)40-44-35(37(50)51)32(54-40)11-6-22-52-26-13-14-30-33(23-26)55-39(43-30)47-20-18-46(19-21-47)34-12-3-4-16-41-34/h1-5,7-10,12-14,16,23H,6,11,15,17-22,24H2,(H,50,51)(H,42,45,49). The second-order valence-corrected chi connectivity index (χ2v) is 16.5. The number of carbonyl (C=O) groups is 2. The van der Waals surface area contributed by atoms with E-state index in [1.54, 1.807) is 11.3 Å². The van der Waals surface area contributed by atoms with Crippen molar-refractivity contribution in [2.24, 2.45) is 0 Å². The number of rotatable bonds is 11. The molecule has 0 saturated carbocycles. The molecule has 4 aromatic heterocycles. The van der Waals surface area contributed by atoms with Crippen molar-refractivity contribution in [2.45, 2.75) is 25.8 Å². The van der Waals surface area contributed by atoms with Gasteiger partial charge in [-0.1, -0.05) is 53.0 Å². The van der Waals surface area contributed by atoms with Crippen LogP contribution < -0.4 is 24.8 Å². The molecule has 2 N–H and O–H groups in total. The number of benzene rings is 3. The van der Waals surface area contributed by atoms with Crippen LogP contribution in [0.3, 0.4) is 0 Å². The van der Waals surface area contributed by atoms with Gasteiger partial charge in [0, 0.05) is 55.9 Å². The normalized spacial score (nSPS) is 14.4. The zero-order chi connectivity index (χ0) is 37.3. The fourth-order valence-corrected chi connectivity index (χ4v) is 10.1. The number of pyridine rings is 1. The first-order chi connectivity index (χ1) is 26.9. The lowest BCUT2D eigenvalue weighted by molar-refractivity contribution is 0.0690. The van der Waals surface area contributed by atoms with E-state index in [-0.39, 0.29) is 11.6 Å². The van der Waals surface area contributed by atoms with Crippen LogP contribution in [0.15, 0.2) is 85.1 Å². The highest BCUT2D eigenvalue weighted by Crippen LogP contribution is 2.35. The molecule has 0 aliphatic carbocycles. The molecule has 0 unspecified atom stereocenters. The highest BCUT2D eigenvalue weighted by molar-refractivity contribution is 7.22. The van der Waals surface area contributed by atoms with Crippen molar-refractivity contribution < 1.29 is 19.4 Å². The highest BCUT2D eigenvalue weighted by atomic mass is 32.1. The minimum Gasteiger partial charge on any atom is -0.494 e. The molecule has 1 fully saturated rings.